The average Bonchev–Trinajstić information content (AvgIpc) is 3.08. The molecule has 0 spiro atoms. The normalized spacial score (nSPS) is 12.8. The lowest BCUT2D eigenvalue weighted by Gasteiger charge is -2.19. The second-order valence-electron chi connectivity index (χ2n) is 7.23. The number of hydrogen-bond donors (Lipinski definition) is 2. The van der Waals surface area contributed by atoms with Crippen LogP contribution in [0, 0.1) is 5.82 Å². The number of H-pyrrole nitrogens is 1. The quantitative estimate of drug-likeness (QED) is 0.729. The zero-order chi connectivity index (χ0) is 18.7. The van der Waals surface area contributed by atoms with Crippen LogP contribution in [0.5, 0.6) is 5.75 Å². The Labute approximate surface area is 152 Å². The number of benzene rings is 2. The fraction of sp³-hybridized carbons (Fsp3) is 0.300. The van der Waals surface area contributed by atoms with Crippen LogP contribution in [0.4, 0.5) is 4.39 Å². The van der Waals surface area contributed by atoms with Crippen molar-refractivity contribution < 1.29 is 9.13 Å². The summed E-state index contributed by atoms with van der Waals surface area (Å²) >= 11 is 0. The van der Waals surface area contributed by atoms with Crippen molar-refractivity contribution in [1.82, 2.24) is 15.2 Å². The Hall–Kier alpha value is -2.73. The van der Waals surface area contributed by atoms with Gasteiger partial charge in [-0.25, -0.2) is 9.37 Å². The molecule has 3 aromatic rings. The Morgan fingerprint density at radius 2 is 1.73 bits per heavy atom. The van der Waals surface area contributed by atoms with Crippen molar-refractivity contribution in [2.24, 2.45) is 5.73 Å². The molecule has 0 unspecified atom stereocenters. The van der Waals surface area contributed by atoms with E-state index in [4.69, 9.17) is 10.5 Å². The zero-order valence-corrected chi connectivity index (χ0v) is 15.2. The van der Waals surface area contributed by atoms with Crippen LogP contribution < -0.4 is 10.5 Å². The molecule has 3 N–H and O–H groups in total. The summed E-state index contributed by atoms with van der Waals surface area (Å²) in [6.07, 6.45) is 0. The maximum absolute atomic E-state index is 13.0. The van der Waals surface area contributed by atoms with Gasteiger partial charge >= 0.3 is 0 Å². The van der Waals surface area contributed by atoms with Crippen molar-refractivity contribution in [1.29, 1.82) is 0 Å². The molecule has 0 amide bonds. The molecular formula is C20H23FN4O. The van der Waals surface area contributed by atoms with Crippen LogP contribution in [0.15, 0.2) is 48.5 Å². The highest BCUT2D eigenvalue weighted by Crippen LogP contribution is 2.24. The Kier molecular flexibility index (Phi) is 5.04. The summed E-state index contributed by atoms with van der Waals surface area (Å²) in [6.45, 7) is 6.77. The third kappa shape index (κ3) is 4.26. The molecule has 0 aliphatic heterocycles. The lowest BCUT2D eigenvalue weighted by molar-refractivity contribution is 0.296. The van der Waals surface area contributed by atoms with Crippen LogP contribution in [0.25, 0.3) is 0 Å². The van der Waals surface area contributed by atoms with Crippen LogP contribution >= 0.6 is 0 Å². The predicted octanol–water partition coefficient (Wildman–Crippen LogP) is 3.87. The van der Waals surface area contributed by atoms with Gasteiger partial charge in [-0.2, -0.15) is 5.10 Å². The number of aromatic amines is 1. The SMILES string of the molecule is CC(C)(C)c1ccc(OCc2nc([C@H](N)c3ccc(F)cc3)n[nH]2)cc1. The van der Waals surface area contributed by atoms with E-state index in [0.29, 0.717) is 11.6 Å². The second kappa shape index (κ2) is 7.25. The first-order chi connectivity index (χ1) is 12.3. The molecule has 0 saturated heterocycles. The van der Waals surface area contributed by atoms with Crippen molar-refractivity contribution in [2.75, 3.05) is 0 Å². The number of rotatable bonds is 5. The molecular weight excluding hydrogens is 331 g/mol. The summed E-state index contributed by atoms with van der Waals surface area (Å²) in [6, 6.07) is 13.5. The fourth-order valence-corrected chi connectivity index (χ4v) is 2.54. The highest BCUT2D eigenvalue weighted by atomic mass is 19.1. The Morgan fingerprint density at radius 1 is 1.08 bits per heavy atom. The van der Waals surface area contributed by atoms with Crippen LogP contribution in [-0.4, -0.2) is 15.2 Å². The highest BCUT2D eigenvalue weighted by molar-refractivity contribution is 5.31. The van der Waals surface area contributed by atoms with E-state index in [1.807, 2.05) is 12.1 Å². The number of hydrogen-bond acceptors (Lipinski definition) is 4. The minimum Gasteiger partial charge on any atom is -0.486 e. The summed E-state index contributed by atoms with van der Waals surface area (Å²) in [5, 5.41) is 6.97. The number of ether oxygens (including phenoxy) is 1. The zero-order valence-electron chi connectivity index (χ0n) is 15.2. The molecule has 136 valence electrons. The minimum atomic E-state index is -0.522. The molecule has 0 fully saturated rings. The predicted molar refractivity (Wildman–Crippen MR) is 98.3 cm³/mol. The Morgan fingerprint density at radius 3 is 2.35 bits per heavy atom. The van der Waals surface area contributed by atoms with Gasteiger partial charge in [-0.3, -0.25) is 5.10 Å². The number of nitrogens with one attached hydrogen (secondary N) is 1. The molecule has 6 heteroatoms. The number of halogens is 1. The molecule has 26 heavy (non-hydrogen) atoms. The third-order valence-corrected chi connectivity index (χ3v) is 4.15. The van der Waals surface area contributed by atoms with E-state index in [0.717, 1.165) is 11.3 Å². The van der Waals surface area contributed by atoms with E-state index in [1.54, 1.807) is 12.1 Å². The summed E-state index contributed by atoms with van der Waals surface area (Å²) in [5.74, 6) is 1.48. The van der Waals surface area contributed by atoms with Gasteiger partial charge in [-0.05, 0) is 40.8 Å². The smallest absolute Gasteiger partial charge is 0.172 e. The van der Waals surface area contributed by atoms with Gasteiger partial charge in [-0.1, -0.05) is 45.0 Å². The van der Waals surface area contributed by atoms with E-state index in [9.17, 15) is 4.39 Å². The molecule has 0 saturated carbocycles. The molecule has 3 rings (SSSR count). The first-order valence-electron chi connectivity index (χ1n) is 8.48. The van der Waals surface area contributed by atoms with Crippen LogP contribution in [0.2, 0.25) is 0 Å². The van der Waals surface area contributed by atoms with Gasteiger partial charge in [0, 0.05) is 0 Å². The van der Waals surface area contributed by atoms with Crippen molar-refractivity contribution in [3.05, 3.63) is 77.1 Å². The first kappa shape index (κ1) is 18.1. The fourth-order valence-electron chi connectivity index (χ4n) is 2.54. The minimum absolute atomic E-state index is 0.106. The van der Waals surface area contributed by atoms with Gasteiger partial charge in [-0.15, -0.1) is 0 Å². The second-order valence-corrected chi connectivity index (χ2v) is 7.23. The summed E-state index contributed by atoms with van der Waals surface area (Å²) in [7, 11) is 0. The van der Waals surface area contributed by atoms with E-state index in [1.165, 1.54) is 17.7 Å². The monoisotopic (exact) mass is 354 g/mol. The van der Waals surface area contributed by atoms with Crippen molar-refractivity contribution >= 4 is 0 Å². The van der Waals surface area contributed by atoms with E-state index < -0.39 is 6.04 Å². The summed E-state index contributed by atoms with van der Waals surface area (Å²) in [4.78, 5) is 4.37. The first-order valence-corrected chi connectivity index (χ1v) is 8.48. The maximum atomic E-state index is 13.0. The van der Waals surface area contributed by atoms with Crippen LogP contribution in [0.1, 0.15) is 49.6 Å². The van der Waals surface area contributed by atoms with Crippen molar-refractivity contribution in [2.45, 2.75) is 38.8 Å². The number of aromatic nitrogens is 3. The Balaban J connectivity index is 1.62. The summed E-state index contributed by atoms with van der Waals surface area (Å²) in [5.41, 5.74) is 8.24. The highest BCUT2D eigenvalue weighted by Gasteiger charge is 2.15. The van der Waals surface area contributed by atoms with Crippen LogP contribution in [0.3, 0.4) is 0 Å². The van der Waals surface area contributed by atoms with Gasteiger partial charge in [0.2, 0.25) is 0 Å². The molecule has 0 aliphatic carbocycles. The topological polar surface area (TPSA) is 76.8 Å². The van der Waals surface area contributed by atoms with Crippen molar-refractivity contribution in [3.63, 3.8) is 0 Å². The van der Waals surface area contributed by atoms with E-state index in [2.05, 4.69) is 48.1 Å². The molecule has 1 heterocycles. The molecule has 1 aromatic heterocycles. The van der Waals surface area contributed by atoms with E-state index in [-0.39, 0.29) is 17.8 Å². The molecule has 0 bridgehead atoms. The number of nitrogens with zero attached hydrogens (tertiary/aromatic N) is 2. The van der Waals surface area contributed by atoms with Crippen LogP contribution in [-0.2, 0) is 12.0 Å². The van der Waals surface area contributed by atoms with E-state index >= 15 is 0 Å². The van der Waals surface area contributed by atoms with Gasteiger partial charge in [0.15, 0.2) is 11.6 Å². The maximum Gasteiger partial charge on any atom is 0.172 e. The standard InChI is InChI=1S/C20H23FN4O/c1-20(2,3)14-6-10-16(11-7-14)26-12-17-23-19(25-24-17)18(22)13-4-8-15(21)9-5-13/h4-11,18H,12,22H2,1-3H3,(H,23,24,25)/t18-/m1/s1. The van der Waals surface area contributed by atoms with Gasteiger partial charge in [0.25, 0.3) is 0 Å². The molecule has 1 atom stereocenters. The lowest BCUT2D eigenvalue weighted by Crippen LogP contribution is -2.13. The average molecular weight is 354 g/mol. The Bertz CT molecular complexity index is 851. The molecule has 2 aromatic carbocycles. The number of nitrogens with two attached hydrogens (primary N) is 1. The van der Waals surface area contributed by atoms with Gasteiger partial charge < -0.3 is 10.5 Å². The third-order valence-electron chi connectivity index (χ3n) is 4.15. The van der Waals surface area contributed by atoms with Crippen molar-refractivity contribution in [3.8, 4) is 5.75 Å². The largest absolute Gasteiger partial charge is 0.486 e. The summed E-state index contributed by atoms with van der Waals surface area (Å²) < 4.78 is 18.8. The van der Waals surface area contributed by atoms with Gasteiger partial charge in [0.1, 0.15) is 18.2 Å². The molecule has 0 radical (unpaired) electrons. The van der Waals surface area contributed by atoms with Gasteiger partial charge in [0.05, 0.1) is 6.04 Å². The molecule has 0 aliphatic rings. The molecule has 5 nitrogen and oxygen atoms in total. The lowest BCUT2D eigenvalue weighted by atomic mass is 9.87.